The predicted octanol–water partition coefficient (Wildman–Crippen LogP) is 9.84. The van der Waals surface area contributed by atoms with Crippen molar-refractivity contribution in [3.63, 3.8) is 0 Å². The van der Waals surface area contributed by atoms with Gasteiger partial charge in [0, 0.05) is 27.1 Å². The molecule has 0 N–H and O–H groups in total. The molecular weight excluding hydrogens is 538 g/mol. The van der Waals surface area contributed by atoms with Gasteiger partial charge in [0.05, 0.1) is 51.6 Å². The van der Waals surface area contributed by atoms with Gasteiger partial charge < -0.3 is 9.13 Å². The van der Waals surface area contributed by atoms with Crippen molar-refractivity contribution in [1.29, 1.82) is 10.5 Å². The maximum atomic E-state index is 9.93. The minimum atomic E-state index is 0.437. The van der Waals surface area contributed by atoms with Crippen molar-refractivity contribution >= 4 is 49.3 Å². The standard InChI is InChI=1S/C39H21N5/c1-42-33-20-25(23-40)14-18-38(33)44-36-13-7-4-10-30(36)32-21-26(16-19-37(32)44)27-15-17-31-29-9-3-6-12-35(29)43(39(31)22-27)34-11-5-2-8-28(34)24-41/h2-22H. The predicted molar refractivity (Wildman–Crippen MR) is 176 cm³/mol. The number of benzene rings is 6. The fourth-order valence-electron chi connectivity index (χ4n) is 6.46. The van der Waals surface area contributed by atoms with Crippen LogP contribution in [0, 0.1) is 29.2 Å². The molecule has 0 aliphatic rings. The number of nitrogens with zero attached hydrogens (tertiary/aromatic N) is 5. The molecule has 0 spiro atoms. The van der Waals surface area contributed by atoms with E-state index in [4.69, 9.17) is 6.57 Å². The van der Waals surface area contributed by atoms with Gasteiger partial charge in [-0.15, -0.1) is 0 Å². The first-order valence-corrected chi connectivity index (χ1v) is 14.2. The third kappa shape index (κ3) is 3.63. The second-order valence-corrected chi connectivity index (χ2v) is 10.7. The minimum absolute atomic E-state index is 0.437. The van der Waals surface area contributed by atoms with E-state index in [1.165, 1.54) is 0 Å². The number of hydrogen-bond acceptors (Lipinski definition) is 2. The molecule has 8 rings (SSSR count). The van der Waals surface area contributed by atoms with Crippen LogP contribution in [0.4, 0.5) is 5.69 Å². The van der Waals surface area contributed by atoms with Gasteiger partial charge in [0.2, 0.25) is 5.69 Å². The first-order chi connectivity index (χ1) is 21.7. The average Bonchev–Trinajstić information content (AvgIpc) is 3.60. The lowest BCUT2D eigenvalue weighted by molar-refractivity contribution is 1.17. The normalized spacial score (nSPS) is 11.1. The van der Waals surface area contributed by atoms with Crippen LogP contribution < -0.4 is 0 Å². The molecule has 0 bridgehead atoms. The van der Waals surface area contributed by atoms with Crippen LogP contribution in [-0.4, -0.2) is 9.13 Å². The molecule has 0 aliphatic carbocycles. The van der Waals surface area contributed by atoms with Crippen LogP contribution >= 0.6 is 0 Å². The first kappa shape index (κ1) is 25.1. The molecule has 8 aromatic rings. The second kappa shape index (κ2) is 9.74. The largest absolute Gasteiger partial charge is 0.319 e. The number of para-hydroxylation sites is 3. The van der Waals surface area contributed by atoms with E-state index in [2.05, 4.69) is 86.8 Å². The summed E-state index contributed by atoms with van der Waals surface area (Å²) in [5.74, 6) is 0. The van der Waals surface area contributed by atoms with Gasteiger partial charge in [-0.25, -0.2) is 4.85 Å². The van der Waals surface area contributed by atoms with Gasteiger partial charge in [0.25, 0.3) is 0 Å². The van der Waals surface area contributed by atoms with E-state index in [1.54, 1.807) is 12.1 Å². The Bertz CT molecular complexity index is 2600. The summed E-state index contributed by atoms with van der Waals surface area (Å²) in [5, 5.41) is 23.8. The Hall–Kier alpha value is -6.61. The molecule has 0 atom stereocenters. The highest BCUT2D eigenvalue weighted by molar-refractivity contribution is 6.12. The van der Waals surface area contributed by atoms with Crippen molar-refractivity contribution in [1.82, 2.24) is 9.13 Å². The lowest BCUT2D eigenvalue weighted by Gasteiger charge is -2.11. The van der Waals surface area contributed by atoms with Crippen molar-refractivity contribution < 1.29 is 0 Å². The topological polar surface area (TPSA) is 61.8 Å². The van der Waals surface area contributed by atoms with E-state index in [0.29, 0.717) is 16.8 Å². The average molecular weight is 560 g/mol. The van der Waals surface area contributed by atoms with Gasteiger partial charge in [0.15, 0.2) is 0 Å². The highest BCUT2D eigenvalue weighted by Gasteiger charge is 2.18. The summed E-state index contributed by atoms with van der Waals surface area (Å²) in [6.45, 7) is 7.82. The van der Waals surface area contributed by atoms with Crippen LogP contribution in [-0.2, 0) is 0 Å². The smallest absolute Gasteiger partial charge is 0.211 e. The van der Waals surface area contributed by atoms with Gasteiger partial charge in [0.1, 0.15) is 6.07 Å². The highest BCUT2D eigenvalue weighted by Crippen LogP contribution is 2.39. The maximum Gasteiger partial charge on any atom is 0.211 e. The van der Waals surface area contributed by atoms with Crippen LogP contribution in [0.1, 0.15) is 11.1 Å². The fraction of sp³-hybridized carbons (Fsp3) is 0. The number of rotatable bonds is 3. The lowest BCUT2D eigenvalue weighted by Crippen LogP contribution is -1.97. The van der Waals surface area contributed by atoms with Crippen molar-refractivity contribution in [3.8, 4) is 34.6 Å². The molecule has 0 fully saturated rings. The molecule has 202 valence electrons. The molecule has 2 aromatic heterocycles. The molecule has 6 aromatic carbocycles. The summed E-state index contributed by atoms with van der Waals surface area (Å²) < 4.78 is 4.30. The summed E-state index contributed by atoms with van der Waals surface area (Å²) in [5.41, 5.74) is 9.34. The molecule has 0 aliphatic heterocycles. The van der Waals surface area contributed by atoms with Crippen molar-refractivity contribution in [2.45, 2.75) is 0 Å². The summed E-state index contributed by atoms with van der Waals surface area (Å²) in [7, 11) is 0. The third-order valence-electron chi connectivity index (χ3n) is 8.41. The second-order valence-electron chi connectivity index (χ2n) is 10.7. The molecule has 5 nitrogen and oxygen atoms in total. The Morgan fingerprint density at radius 2 is 1.11 bits per heavy atom. The van der Waals surface area contributed by atoms with Gasteiger partial charge in [-0.05, 0) is 71.8 Å². The maximum absolute atomic E-state index is 9.93. The van der Waals surface area contributed by atoms with Gasteiger partial charge in [-0.1, -0.05) is 66.7 Å². The number of nitriles is 2. The monoisotopic (exact) mass is 559 g/mol. The molecule has 0 unspecified atom stereocenters. The van der Waals surface area contributed by atoms with Crippen molar-refractivity contribution in [2.75, 3.05) is 0 Å². The summed E-state index contributed by atoms with van der Waals surface area (Å²) >= 11 is 0. The molecule has 0 saturated heterocycles. The zero-order valence-corrected chi connectivity index (χ0v) is 23.4. The van der Waals surface area contributed by atoms with E-state index in [-0.39, 0.29) is 0 Å². The van der Waals surface area contributed by atoms with Gasteiger partial charge in [-0.2, -0.15) is 10.5 Å². The molecule has 2 heterocycles. The van der Waals surface area contributed by atoms with Crippen LogP contribution in [0.15, 0.2) is 127 Å². The van der Waals surface area contributed by atoms with Gasteiger partial charge >= 0.3 is 0 Å². The van der Waals surface area contributed by atoms with E-state index in [1.807, 2.05) is 54.6 Å². The molecule has 5 heteroatoms. The SMILES string of the molecule is [C-]#[N+]c1cc(C#N)ccc1-n1c2ccccc2c2cc(-c3ccc4c5ccccc5n(-c5ccccc5C#N)c4c3)ccc21. The summed E-state index contributed by atoms with van der Waals surface area (Å²) in [4.78, 5) is 3.76. The summed E-state index contributed by atoms with van der Waals surface area (Å²) in [6, 6.07) is 47.0. The molecule has 44 heavy (non-hydrogen) atoms. The fourth-order valence-corrected chi connectivity index (χ4v) is 6.46. The van der Waals surface area contributed by atoms with Crippen molar-refractivity contribution in [3.05, 3.63) is 150 Å². The zero-order chi connectivity index (χ0) is 29.8. The van der Waals surface area contributed by atoms with E-state index < -0.39 is 0 Å². The Kier molecular flexibility index (Phi) is 5.56. The van der Waals surface area contributed by atoms with Crippen LogP contribution in [0.5, 0.6) is 0 Å². The van der Waals surface area contributed by atoms with Crippen LogP contribution in [0.2, 0.25) is 0 Å². The first-order valence-electron chi connectivity index (χ1n) is 14.2. The number of fused-ring (bicyclic) bond motifs is 6. The quantitative estimate of drug-likeness (QED) is 0.202. The van der Waals surface area contributed by atoms with Crippen LogP contribution in [0.3, 0.4) is 0 Å². The third-order valence-corrected chi connectivity index (χ3v) is 8.41. The number of aromatic nitrogens is 2. The molecule has 0 amide bonds. The Labute approximate surface area is 253 Å². The van der Waals surface area contributed by atoms with Crippen LogP contribution in [0.25, 0.3) is 71.0 Å². The Morgan fingerprint density at radius 3 is 1.86 bits per heavy atom. The molecule has 0 saturated carbocycles. The van der Waals surface area contributed by atoms with E-state index in [0.717, 1.165) is 66.1 Å². The van der Waals surface area contributed by atoms with Crippen molar-refractivity contribution in [2.24, 2.45) is 0 Å². The molecular formula is C39H21N5. The van der Waals surface area contributed by atoms with Gasteiger partial charge in [-0.3, -0.25) is 0 Å². The highest BCUT2D eigenvalue weighted by atomic mass is 15.0. The summed E-state index contributed by atoms with van der Waals surface area (Å²) in [6.07, 6.45) is 0. The minimum Gasteiger partial charge on any atom is -0.319 e. The molecule has 0 radical (unpaired) electrons. The number of hydrogen-bond donors (Lipinski definition) is 0. The lowest BCUT2D eigenvalue weighted by atomic mass is 10.0. The van der Waals surface area contributed by atoms with E-state index >= 15 is 0 Å². The Morgan fingerprint density at radius 1 is 0.500 bits per heavy atom. The van der Waals surface area contributed by atoms with E-state index in [9.17, 15) is 10.5 Å². The Balaban J connectivity index is 1.38. The zero-order valence-electron chi connectivity index (χ0n) is 23.4.